The maximum Gasteiger partial charge on any atom is 0.328 e. The first-order valence-electron chi connectivity index (χ1n) is 10.0. The predicted octanol–water partition coefficient (Wildman–Crippen LogP) is -7.00. The first-order chi connectivity index (χ1) is 16.0. The smallest absolute Gasteiger partial charge is 0.328 e. The van der Waals surface area contributed by atoms with E-state index in [1.54, 1.807) is 0 Å². The van der Waals surface area contributed by atoms with Gasteiger partial charge in [-0.05, 0) is 12.8 Å². The summed E-state index contributed by atoms with van der Waals surface area (Å²) in [6.07, 6.45) is 0.645. The van der Waals surface area contributed by atoms with Gasteiger partial charge >= 0.3 is 5.97 Å². The molecule has 0 bridgehead atoms. The molecule has 0 aliphatic rings. The Kier molecular flexibility index (Phi) is 14.5. The van der Waals surface area contributed by atoms with Crippen LogP contribution in [-0.2, 0) is 24.0 Å². The lowest BCUT2D eigenvalue weighted by atomic mass is 10.1. The van der Waals surface area contributed by atoms with E-state index in [1.807, 2.05) is 10.6 Å². The zero-order valence-electron chi connectivity index (χ0n) is 18.3. The minimum atomic E-state index is -1.67. The van der Waals surface area contributed by atoms with Crippen molar-refractivity contribution in [1.29, 1.82) is 0 Å². The zero-order chi connectivity index (χ0) is 26.3. The molecular weight excluding hydrogens is 460 g/mol. The summed E-state index contributed by atoms with van der Waals surface area (Å²) in [4.78, 5) is 62.8. The molecule has 14 N–H and O–H groups in total. The molecule has 0 heterocycles. The van der Waals surface area contributed by atoms with Gasteiger partial charge < -0.3 is 58.9 Å². The molecule has 194 valence electrons. The van der Waals surface area contributed by atoms with Gasteiger partial charge in [-0.2, -0.15) is 0 Å². The highest BCUT2D eigenvalue weighted by atomic mass is 16.4. The van der Waals surface area contributed by atoms with Crippen LogP contribution in [-0.4, -0.2) is 113 Å². The van der Waals surface area contributed by atoms with Gasteiger partial charge in [0.05, 0.1) is 32.4 Å². The molecule has 0 aromatic heterocycles. The molecule has 0 aromatic carbocycles. The van der Waals surface area contributed by atoms with Crippen LogP contribution in [0.5, 0.6) is 0 Å². The second-order valence-electron chi connectivity index (χ2n) is 6.90. The second kappa shape index (κ2) is 16.1. The fourth-order valence-electron chi connectivity index (χ4n) is 2.31. The van der Waals surface area contributed by atoms with Crippen LogP contribution in [0, 0.1) is 0 Å². The summed E-state index contributed by atoms with van der Waals surface area (Å²) in [5.41, 5.74) is 16.0. The summed E-state index contributed by atoms with van der Waals surface area (Å²) in [6.45, 7) is -3.09. The fraction of sp³-hybridized carbons (Fsp3) is 0.647. The van der Waals surface area contributed by atoms with Crippen molar-refractivity contribution in [2.24, 2.45) is 22.2 Å². The van der Waals surface area contributed by atoms with Crippen LogP contribution >= 0.6 is 0 Å². The normalized spacial score (nSPS) is 14.0. The molecular formula is C17H32N8O9. The minimum Gasteiger partial charge on any atom is -0.480 e. The van der Waals surface area contributed by atoms with E-state index in [2.05, 4.69) is 15.6 Å². The number of aliphatic hydroxyl groups is 3. The summed E-state index contributed by atoms with van der Waals surface area (Å²) in [7, 11) is 0. The Balaban J connectivity index is 4.68. The number of guanidine groups is 1. The Labute approximate surface area is 194 Å². The fourth-order valence-corrected chi connectivity index (χ4v) is 2.31. The number of carboxylic acids is 1. The molecule has 4 amide bonds. The summed E-state index contributed by atoms with van der Waals surface area (Å²) >= 11 is 0. The van der Waals surface area contributed by atoms with Crippen LogP contribution in [0.1, 0.15) is 12.8 Å². The molecule has 0 spiro atoms. The first kappa shape index (κ1) is 30.5. The van der Waals surface area contributed by atoms with Crippen molar-refractivity contribution < 1.29 is 44.4 Å². The summed E-state index contributed by atoms with van der Waals surface area (Å²) in [6, 6.07) is -5.82. The third-order valence-corrected chi connectivity index (χ3v) is 4.17. The third kappa shape index (κ3) is 11.9. The number of carbonyl (C=O) groups excluding carboxylic acids is 4. The topological polar surface area (TPSA) is 305 Å². The lowest BCUT2D eigenvalue weighted by molar-refractivity contribution is -0.143. The maximum atomic E-state index is 12.2. The Bertz CT molecular complexity index is 745. The van der Waals surface area contributed by atoms with Crippen LogP contribution in [0.4, 0.5) is 0 Å². The van der Waals surface area contributed by atoms with Crippen molar-refractivity contribution in [2.45, 2.75) is 37.0 Å². The molecule has 0 aliphatic carbocycles. The molecule has 0 aliphatic heterocycles. The molecule has 34 heavy (non-hydrogen) atoms. The summed E-state index contributed by atoms with van der Waals surface area (Å²) < 4.78 is 0. The van der Waals surface area contributed by atoms with Gasteiger partial charge in [-0.15, -0.1) is 0 Å². The minimum absolute atomic E-state index is 0.0993. The van der Waals surface area contributed by atoms with Crippen LogP contribution in [0.3, 0.4) is 0 Å². The maximum absolute atomic E-state index is 12.2. The lowest BCUT2D eigenvalue weighted by Crippen LogP contribution is -2.58. The number of carbonyl (C=O) groups is 5. The average molecular weight is 492 g/mol. The lowest BCUT2D eigenvalue weighted by Gasteiger charge is -2.22. The molecule has 0 saturated carbocycles. The van der Waals surface area contributed by atoms with E-state index in [4.69, 9.17) is 27.4 Å². The Morgan fingerprint density at radius 3 is 1.76 bits per heavy atom. The summed E-state index contributed by atoms with van der Waals surface area (Å²) in [5.74, 6) is -5.37. The van der Waals surface area contributed by atoms with Gasteiger partial charge in [0.15, 0.2) is 5.96 Å². The number of amides is 4. The molecule has 0 unspecified atom stereocenters. The number of aliphatic carboxylic acids is 1. The summed E-state index contributed by atoms with van der Waals surface area (Å²) in [5, 5.41) is 44.7. The van der Waals surface area contributed by atoms with Gasteiger partial charge in [-0.1, -0.05) is 0 Å². The number of aliphatic hydroxyl groups excluding tert-OH is 3. The largest absolute Gasteiger partial charge is 0.480 e. The Morgan fingerprint density at radius 2 is 1.29 bits per heavy atom. The SMILES string of the molecule is NC(N)=NCCC[C@H](N)C(=O)NCC(=O)N[C@@H](CO)C(=O)N[C@@H](CO)C(=O)N[C@@H](CO)C(=O)O. The molecule has 0 fully saturated rings. The number of hydrogen-bond donors (Lipinski definition) is 11. The van der Waals surface area contributed by atoms with Crippen molar-refractivity contribution in [3.63, 3.8) is 0 Å². The molecule has 17 heteroatoms. The van der Waals surface area contributed by atoms with E-state index in [1.165, 1.54) is 0 Å². The highest BCUT2D eigenvalue weighted by Crippen LogP contribution is 1.96. The molecule has 0 saturated heterocycles. The molecule has 17 nitrogen and oxygen atoms in total. The van der Waals surface area contributed by atoms with Crippen LogP contribution in [0.2, 0.25) is 0 Å². The molecule has 0 radical (unpaired) electrons. The van der Waals surface area contributed by atoms with Gasteiger partial charge in [-0.25, -0.2) is 4.79 Å². The quantitative estimate of drug-likeness (QED) is 0.0544. The van der Waals surface area contributed by atoms with E-state index < -0.39 is 80.1 Å². The van der Waals surface area contributed by atoms with Gasteiger partial charge in [0.25, 0.3) is 0 Å². The van der Waals surface area contributed by atoms with E-state index in [9.17, 15) is 34.2 Å². The van der Waals surface area contributed by atoms with Crippen LogP contribution in [0.25, 0.3) is 0 Å². The van der Waals surface area contributed by atoms with E-state index in [-0.39, 0.29) is 18.9 Å². The first-order valence-corrected chi connectivity index (χ1v) is 10.0. The highest BCUT2D eigenvalue weighted by molar-refractivity contribution is 5.94. The number of hydrogen-bond acceptors (Lipinski definition) is 10. The number of nitrogens with two attached hydrogens (primary N) is 3. The standard InChI is InChI=1S/C17H32N8O9/c18-8(2-1-3-21-17(19)20)13(30)22-4-12(29)23-9(5-26)14(31)24-10(6-27)15(32)25-11(7-28)16(33)34/h8-11,26-28H,1-7,18H2,(H,22,30)(H,23,29)(H,24,31)(H,25,32)(H,33,34)(H4,19,20,21)/t8-,9-,10-,11-/m0/s1. The Hall–Kier alpha value is -3.54. The molecule has 0 aromatic rings. The van der Waals surface area contributed by atoms with Gasteiger partial charge in [0, 0.05) is 6.54 Å². The monoisotopic (exact) mass is 492 g/mol. The van der Waals surface area contributed by atoms with E-state index >= 15 is 0 Å². The van der Waals surface area contributed by atoms with E-state index in [0.29, 0.717) is 6.42 Å². The molecule has 0 rings (SSSR count). The van der Waals surface area contributed by atoms with Crippen LogP contribution < -0.4 is 38.5 Å². The van der Waals surface area contributed by atoms with Crippen molar-refractivity contribution >= 4 is 35.6 Å². The number of aliphatic imine (C=N–C) groups is 1. The zero-order valence-corrected chi connectivity index (χ0v) is 18.3. The predicted molar refractivity (Wildman–Crippen MR) is 116 cm³/mol. The van der Waals surface area contributed by atoms with Crippen molar-refractivity contribution in [3.05, 3.63) is 0 Å². The Morgan fingerprint density at radius 1 is 0.794 bits per heavy atom. The number of nitrogens with one attached hydrogen (secondary N) is 4. The third-order valence-electron chi connectivity index (χ3n) is 4.17. The van der Waals surface area contributed by atoms with E-state index in [0.717, 1.165) is 0 Å². The van der Waals surface area contributed by atoms with Gasteiger partial charge in [-0.3, -0.25) is 24.2 Å². The average Bonchev–Trinajstić information content (AvgIpc) is 2.79. The van der Waals surface area contributed by atoms with Crippen molar-refractivity contribution in [2.75, 3.05) is 32.9 Å². The number of nitrogens with zero attached hydrogens (tertiary/aromatic N) is 1. The second-order valence-corrected chi connectivity index (χ2v) is 6.90. The van der Waals surface area contributed by atoms with Gasteiger partial charge in [0.1, 0.15) is 18.1 Å². The van der Waals surface area contributed by atoms with Crippen molar-refractivity contribution in [3.8, 4) is 0 Å². The molecule has 4 atom stereocenters. The highest BCUT2D eigenvalue weighted by Gasteiger charge is 2.28. The van der Waals surface area contributed by atoms with Gasteiger partial charge in [0.2, 0.25) is 23.6 Å². The number of rotatable bonds is 16. The number of carboxylic acid groups (broad SMARTS) is 1. The van der Waals surface area contributed by atoms with Crippen LogP contribution in [0.15, 0.2) is 4.99 Å². The van der Waals surface area contributed by atoms with Crippen molar-refractivity contribution in [1.82, 2.24) is 21.3 Å².